The highest BCUT2D eigenvalue weighted by atomic mass is 79.9. The SMILES string of the molecule is Cc1ccc(-c2ccccc2O)c(-c2ccco2)c1Br. The lowest BCUT2D eigenvalue weighted by atomic mass is 9.95. The molecule has 0 spiro atoms. The van der Waals surface area contributed by atoms with Crippen LogP contribution in [0.4, 0.5) is 0 Å². The Kier molecular flexibility index (Phi) is 3.36. The molecule has 0 saturated heterocycles. The van der Waals surface area contributed by atoms with Crippen molar-refractivity contribution in [1.82, 2.24) is 0 Å². The highest BCUT2D eigenvalue weighted by Gasteiger charge is 2.16. The Balaban J connectivity index is 2.32. The minimum atomic E-state index is 0.260. The van der Waals surface area contributed by atoms with Gasteiger partial charge in [0.2, 0.25) is 0 Å². The number of phenolic OH excluding ortho intramolecular Hbond substituents is 1. The standard InChI is InChI=1S/C17H13BrO2/c1-11-8-9-13(12-5-2-3-6-14(12)19)16(17(11)18)15-7-4-10-20-15/h2-10,19H,1H3. The fourth-order valence-electron chi connectivity index (χ4n) is 2.27. The summed E-state index contributed by atoms with van der Waals surface area (Å²) in [6.07, 6.45) is 1.65. The van der Waals surface area contributed by atoms with E-state index in [0.717, 1.165) is 32.5 Å². The molecule has 3 aromatic rings. The first-order valence-corrected chi connectivity index (χ1v) is 7.09. The molecule has 0 aliphatic carbocycles. The van der Waals surface area contributed by atoms with E-state index < -0.39 is 0 Å². The van der Waals surface area contributed by atoms with Gasteiger partial charge in [0.1, 0.15) is 11.5 Å². The molecular formula is C17H13BrO2. The molecule has 0 aliphatic heterocycles. The van der Waals surface area contributed by atoms with Crippen molar-refractivity contribution in [3.8, 4) is 28.2 Å². The topological polar surface area (TPSA) is 33.4 Å². The van der Waals surface area contributed by atoms with Gasteiger partial charge in [-0.2, -0.15) is 0 Å². The summed E-state index contributed by atoms with van der Waals surface area (Å²) >= 11 is 3.63. The van der Waals surface area contributed by atoms with Gasteiger partial charge in [-0.05, 0) is 52.2 Å². The molecule has 2 aromatic carbocycles. The van der Waals surface area contributed by atoms with Crippen LogP contribution in [0.2, 0.25) is 0 Å². The van der Waals surface area contributed by atoms with Gasteiger partial charge in [0.15, 0.2) is 0 Å². The number of halogens is 1. The molecule has 0 saturated carbocycles. The highest BCUT2D eigenvalue weighted by Crippen LogP contribution is 2.42. The number of hydrogen-bond acceptors (Lipinski definition) is 2. The fourth-order valence-corrected chi connectivity index (χ4v) is 2.81. The number of para-hydroxylation sites is 1. The molecule has 0 bridgehead atoms. The molecule has 1 N–H and O–H groups in total. The molecule has 3 rings (SSSR count). The predicted octanol–water partition coefficient (Wildman–Crippen LogP) is 5.39. The minimum Gasteiger partial charge on any atom is -0.507 e. The van der Waals surface area contributed by atoms with E-state index in [1.165, 1.54) is 0 Å². The summed E-state index contributed by atoms with van der Waals surface area (Å²) in [5.41, 5.74) is 3.81. The quantitative estimate of drug-likeness (QED) is 0.684. The van der Waals surface area contributed by atoms with Crippen molar-refractivity contribution in [3.63, 3.8) is 0 Å². The highest BCUT2D eigenvalue weighted by molar-refractivity contribution is 9.10. The second-order valence-corrected chi connectivity index (χ2v) is 5.41. The van der Waals surface area contributed by atoms with E-state index in [-0.39, 0.29) is 5.75 Å². The zero-order valence-electron chi connectivity index (χ0n) is 10.9. The van der Waals surface area contributed by atoms with Crippen LogP contribution in [0.1, 0.15) is 5.56 Å². The summed E-state index contributed by atoms with van der Waals surface area (Å²) < 4.78 is 6.53. The second kappa shape index (κ2) is 5.17. The van der Waals surface area contributed by atoms with Crippen molar-refractivity contribution in [2.45, 2.75) is 6.92 Å². The average molecular weight is 329 g/mol. The zero-order valence-corrected chi connectivity index (χ0v) is 12.5. The Morgan fingerprint density at radius 2 is 1.75 bits per heavy atom. The average Bonchev–Trinajstić information content (AvgIpc) is 2.96. The van der Waals surface area contributed by atoms with E-state index >= 15 is 0 Å². The first kappa shape index (κ1) is 13.0. The van der Waals surface area contributed by atoms with Crippen molar-refractivity contribution < 1.29 is 9.52 Å². The third kappa shape index (κ3) is 2.14. The molecule has 0 atom stereocenters. The van der Waals surface area contributed by atoms with E-state index in [1.807, 2.05) is 49.4 Å². The molecule has 0 unspecified atom stereocenters. The van der Waals surface area contributed by atoms with Crippen molar-refractivity contribution in [2.24, 2.45) is 0 Å². The zero-order chi connectivity index (χ0) is 14.1. The molecule has 0 radical (unpaired) electrons. The largest absolute Gasteiger partial charge is 0.507 e. The Hall–Kier alpha value is -2.00. The summed E-state index contributed by atoms with van der Waals surface area (Å²) in [6.45, 7) is 2.03. The Bertz CT molecular complexity index is 746. The van der Waals surface area contributed by atoms with Crippen LogP contribution in [-0.2, 0) is 0 Å². The molecule has 20 heavy (non-hydrogen) atoms. The Morgan fingerprint density at radius 3 is 2.45 bits per heavy atom. The number of benzene rings is 2. The first-order valence-electron chi connectivity index (χ1n) is 6.30. The maximum atomic E-state index is 10.1. The molecular weight excluding hydrogens is 316 g/mol. The number of aromatic hydroxyl groups is 1. The molecule has 1 heterocycles. The van der Waals surface area contributed by atoms with E-state index in [1.54, 1.807) is 12.3 Å². The van der Waals surface area contributed by atoms with Crippen molar-refractivity contribution in [3.05, 3.63) is 64.8 Å². The van der Waals surface area contributed by atoms with Crippen molar-refractivity contribution in [1.29, 1.82) is 0 Å². The summed E-state index contributed by atoms with van der Waals surface area (Å²) in [7, 11) is 0. The van der Waals surface area contributed by atoms with Crippen LogP contribution in [0.15, 0.2) is 63.7 Å². The normalized spacial score (nSPS) is 10.7. The lowest BCUT2D eigenvalue weighted by molar-refractivity contribution is 0.477. The molecule has 100 valence electrons. The summed E-state index contributed by atoms with van der Waals surface area (Å²) in [4.78, 5) is 0. The number of phenols is 1. The predicted molar refractivity (Wildman–Crippen MR) is 83.7 cm³/mol. The van der Waals surface area contributed by atoms with Gasteiger partial charge in [-0.3, -0.25) is 0 Å². The van der Waals surface area contributed by atoms with Crippen LogP contribution in [0.5, 0.6) is 5.75 Å². The molecule has 1 aromatic heterocycles. The van der Waals surface area contributed by atoms with Crippen LogP contribution >= 0.6 is 15.9 Å². The molecule has 3 heteroatoms. The third-order valence-corrected chi connectivity index (χ3v) is 4.32. The number of hydrogen-bond donors (Lipinski definition) is 1. The van der Waals surface area contributed by atoms with Crippen LogP contribution in [0.3, 0.4) is 0 Å². The number of furan rings is 1. The number of aryl methyl sites for hydroxylation is 1. The fraction of sp³-hybridized carbons (Fsp3) is 0.0588. The van der Waals surface area contributed by atoms with Crippen LogP contribution in [0, 0.1) is 6.92 Å². The monoisotopic (exact) mass is 328 g/mol. The van der Waals surface area contributed by atoms with Gasteiger partial charge in [-0.1, -0.05) is 30.3 Å². The smallest absolute Gasteiger partial charge is 0.135 e. The van der Waals surface area contributed by atoms with Gasteiger partial charge in [0, 0.05) is 15.6 Å². The summed E-state index contributed by atoms with van der Waals surface area (Å²) in [5, 5.41) is 10.1. The number of rotatable bonds is 2. The van der Waals surface area contributed by atoms with Gasteiger partial charge in [-0.25, -0.2) is 0 Å². The lowest BCUT2D eigenvalue weighted by Crippen LogP contribution is -1.89. The maximum absolute atomic E-state index is 10.1. The van der Waals surface area contributed by atoms with Gasteiger partial charge in [0.05, 0.1) is 6.26 Å². The first-order chi connectivity index (χ1) is 9.68. The maximum Gasteiger partial charge on any atom is 0.135 e. The van der Waals surface area contributed by atoms with Gasteiger partial charge in [-0.15, -0.1) is 0 Å². The van der Waals surface area contributed by atoms with Crippen molar-refractivity contribution >= 4 is 15.9 Å². The van der Waals surface area contributed by atoms with E-state index in [4.69, 9.17) is 4.42 Å². The van der Waals surface area contributed by atoms with Gasteiger partial charge in [0.25, 0.3) is 0 Å². The third-order valence-electron chi connectivity index (χ3n) is 3.30. The summed E-state index contributed by atoms with van der Waals surface area (Å²) in [5.74, 6) is 1.04. The van der Waals surface area contributed by atoms with Crippen LogP contribution < -0.4 is 0 Å². The van der Waals surface area contributed by atoms with Crippen LogP contribution in [0.25, 0.3) is 22.5 Å². The lowest BCUT2D eigenvalue weighted by Gasteiger charge is -2.13. The van der Waals surface area contributed by atoms with E-state index in [2.05, 4.69) is 15.9 Å². The molecule has 0 amide bonds. The van der Waals surface area contributed by atoms with Crippen LogP contribution in [-0.4, -0.2) is 5.11 Å². The van der Waals surface area contributed by atoms with E-state index in [0.29, 0.717) is 0 Å². The summed E-state index contributed by atoms with van der Waals surface area (Å²) in [6, 6.07) is 15.1. The second-order valence-electron chi connectivity index (χ2n) is 4.61. The van der Waals surface area contributed by atoms with Crippen molar-refractivity contribution in [2.75, 3.05) is 0 Å². The Morgan fingerprint density at radius 1 is 0.950 bits per heavy atom. The minimum absolute atomic E-state index is 0.260. The molecule has 0 aliphatic rings. The Labute approximate surface area is 125 Å². The van der Waals surface area contributed by atoms with Gasteiger partial charge < -0.3 is 9.52 Å². The molecule has 2 nitrogen and oxygen atoms in total. The van der Waals surface area contributed by atoms with Gasteiger partial charge >= 0.3 is 0 Å². The van der Waals surface area contributed by atoms with E-state index in [9.17, 15) is 5.11 Å². The molecule has 0 fully saturated rings.